The van der Waals surface area contributed by atoms with E-state index in [2.05, 4.69) is 0 Å². The topological polar surface area (TPSA) is 22.0 Å². The molecule has 11 heavy (non-hydrogen) atoms. The Morgan fingerprint density at radius 1 is 1.45 bits per heavy atom. The average molecular weight is 212 g/mol. The predicted molar refractivity (Wildman–Crippen MR) is 49.0 cm³/mol. The quantitative estimate of drug-likeness (QED) is 0.701. The van der Waals surface area contributed by atoms with Crippen LogP contribution in [0.2, 0.25) is 9.36 Å². The van der Waals surface area contributed by atoms with Crippen molar-refractivity contribution in [1.82, 2.24) is 3.96 Å². The van der Waals surface area contributed by atoms with E-state index in [-0.39, 0.29) is 16.6 Å². The molecule has 1 rings (SSSR count). The second-order valence-electron chi connectivity index (χ2n) is 2.40. The standard InChI is InChI=1S/C6H7Cl2NOS/c1-3(2)9-6(10)4(7)5(8)11-9/h3H,1-2H3. The van der Waals surface area contributed by atoms with Crippen molar-refractivity contribution in [3.8, 4) is 0 Å². The molecule has 0 N–H and O–H groups in total. The molecular weight excluding hydrogens is 205 g/mol. The van der Waals surface area contributed by atoms with Crippen LogP contribution in [0.3, 0.4) is 0 Å². The molecule has 62 valence electrons. The maximum absolute atomic E-state index is 11.2. The maximum atomic E-state index is 11.2. The minimum absolute atomic E-state index is 0.123. The van der Waals surface area contributed by atoms with Crippen molar-refractivity contribution in [1.29, 1.82) is 0 Å². The van der Waals surface area contributed by atoms with Crippen LogP contribution in [0.15, 0.2) is 4.79 Å². The fourth-order valence-corrected chi connectivity index (χ4v) is 1.96. The molecule has 5 heteroatoms. The minimum atomic E-state index is -0.198. The lowest BCUT2D eigenvalue weighted by atomic mass is 10.4. The summed E-state index contributed by atoms with van der Waals surface area (Å²) >= 11 is 12.4. The van der Waals surface area contributed by atoms with E-state index in [0.29, 0.717) is 4.34 Å². The van der Waals surface area contributed by atoms with Crippen LogP contribution in [0.1, 0.15) is 19.9 Å². The number of aromatic nitrogens is 1. The van der Waals surface area contributed by atoms with E-state index in [1.807, 2.05) is 13.8 Å². The second-order valence-corrected chi connectivity index (χ2v) is 4.37. The highest BCUT2D eigenvalue weighted by atomic mass is 35.5. The normalized spacial score (nSPS) is 11.0. The second kappa shape index (κ2) is 3.17. The molecule has 0 aliphatic heterocycles. The van der Waals surface area contributed by atoms with Gasteiger partial charge < -0.3 is 0 Å². The van der Waals surface area contributed by atoms with E-state index in [4.69, 9.17) is 23.2 Å². The first-order chi connectivity index (χ1) is 5.04. The Bertz CT molecular complexity index is 315. The molecule has 1 aromatic heterocycles. The van der Waals surface area contributed by atoms with Crippen LogP contribution >= 0.6 is 34.7 Å². The van der Waals surface area contributed by atoms with Gasteiger partial charge in [0.2, 0.25) is 0 Å². The lowest BCUT2D eigenvalue weighted by Gasteiger charge is -2.01. The summed E-state index contributed by atoms with van der Waals surface area (Å²) in [5.74, 6) is 0. The SMILES string of the molecule is CC(C)n1sc(Cl)c(Cl)c1=O. The van der Waals surface area contributed by atoms with Crippen molar-refractivity contribution in [2.45, 2.75) is 19.9 Å². The Balaban J connectivity index is 3.30. The fourth-order valence-electron chi connectivity index (χ4n) is 0.689. The minimum Gasteiger partial charge on any atom is -0.267 e. The number of hydrogen-bond donors (Lipinski definition) is 0. The highest BCUT2D eigenvalue weighted by Gasteiger charge is 2.12. The van der Waals surface area contributed by atoms with Gasteiger partial charge in [0.25, 0.3) is 5.56 Å². The van der Waals surface area contributed by atoms with E-state index in [1.165, 1.54) is 11.5 Å². The largest absolute Gasteiger partial charge is 0.281 e. The maximum Gasteiger partial charge on any atom is 0.281 e. The van der Waals surface area contributed by atoms with Crippen LogP contribution in [-0.2, 0) is 0 Å². The zero-order valence-corrected chi connectivity index (χ0v) is 8.43. The summed E-state index contributed by atoms with van der Waals surface area (Å²) in [6.07, 6.45) is 0. The van der Waals surface area contributed by atoms with E-state index < -0.39 is 0 Å². The zero-order valence-electron chi connectivity index (χ0n) is 6.10. The molecule has 1 aromatic rings. The predicted octanol–water partition coefficient (Wildman–Crippen LogP) is 2.80. The molecule has 0 aromatic carbocycles. The molecule has 0 aliphatic rings. The molecule has 0 spiro atoms. The number of rotatable bonds is 1. The van der Waals surface area contributed by atoms with Crippen LogP contribution in [-0.4, -0.2) is 3.96 Å². The Morgan fingerprint density at radius 2 is 2.00 bits per heavy atom. The van der Waals surface area contributed by atoms with Crippen molar-refractivity contribution in [2.24, 2.45) is 0 Å². The van der Waals surface area contributed by atoms with Gasteiger partial charge in [0.15, 0.2) is 0 Å². The van der Waals surface area contributed by atoms with E-state index in [9.17, 15) is 4.79 Å². The molecule has 0 fully saturated rings. The molecule has 0 saturated carbocycles. The Labute approximate surface area is 78.5 Å². The highest BCUT2D eigenvalue weighted by Crippen LogP contribution is 2.25. The third-order valence-corrected chi connectivity index (χ3v) is 3.31. The third-order valence-electron chi connectivity index (χ3n) is 1.21. The molecule has 0 unspecified atom stereocenters. The Hall–Kier alpha value is 0.01000. The zero-order chi connectivity index (χ0) is 8.59. The van der Waals surface area contributed by atoms with Gasteiger partial charge in [0.1, 0.15) is 9.36 Å². The first-order valence-electron chi connectivity index (χ1n) is 3.11. The molecule has 0 bridgehead atoms. The summed E-state index contributed by atoms with van der Waals surface area (Å²) in [7, 11) is 0. The monoisotopic (exact) mass is 211 g/mol. The van der Waals surface area contributed by atoms with Crippen LogP contribution < -0.4 is 5.56 Å². The van der Waals surface area contributed by atoms with Gasteiger partial charge in [0.05, 0.1) is 0 Å². The van der Waals surface area contributed by atoms with E-state index >= 15 is 0 Å². The average Bonchev–Trinajstić information content (AvgIpc) is 2.17. The van der Waals surface area contributed by atoms with E-state index in [1.54, 1.807) is 3.96 Å². The molecule has 0 saturated heterocycles. The Kier molecular flexibility index (Phi) is 2.62. The highest BCUT2D eigenvalue weighted by molar-refractivity contribution is 7.11. The van der Waals surface area contributed by atoms with Gasteiger partial charge in [-0.3, -0.25) is 8.75 Å². The number of halogens is 2. The summed E-state index contributed by atoms with van der Waals surface area (Å²) in [5.41, 5.74) is -0.198. The van der Waals surface area contributed by atoms with Gasteiger partial charge in [-0.1, -0.05) is 23.2 Å². The van der Waals surface area contributed by atoms with Crippen LogP contribution in [0.5, 0.6) is 0 Å². The molecule has 1 heterocycles. The van der Waals surface area contributed by atoms with Crippen molar-refractivity contribution in [2.75, 3.05) is 0 Å². The molecule has 2 nitrogen and oxygen atoms in total. The van der Waals surface area contributed by atoms with Crippen molar-refractivity contribution < 1.29 is 0 Å². The van der Waals surface area contributed by atoms with E-state index in [0.717, 1.165) is 0 Å². The molecule has 0 atom stereocenters. The van der Waals surface area contributed by atoms with Crippen LogP contribution in [0, 0.1) is 0 Å². The summed E-state index contributed by atoms with van der Waals surface area (Å²) in [5, 5.41) is 0.130. The van der Waals surface area contributed by atoms with Gasteiger partial charge in [-0.25, -0.2) is 0 Å². The lowest BCUT2D eigenvalue weighted by Crippen LogP contribution is -2.14. The first-order valence-corrected chi connectivity index (χ1v) is 4.63. The van der Waals surface area contributed by atoms with Crippen LogP contribution in [0.4, 0.5) is 0 Å². The Morgan fingerprint density at radius 3 is 2.18 bits per heavy atom. The summed E-state index contributed by atoms with van der Waals surface area (Å²) in [4.78, 5) is 11.2. The molecular formula is C6H7Cl2NOS. The molecule has 0 aliphatic carbocycles. The van der Waals surface area contributed by atoms with Gasteiger partial charge in [0, 0.05) is 6.04 Å². The van der Waals surface area contributed by atoms with Crippen molar-refractivity contribution in [3.63, 3.8) is 0 Å². The summed E-state index contributed by atoms with van der Waals surface area (Å²) < 4.78 is 1.91. The lowest BCUT2D eigenvalue weighted by molar-refractivity contribution is 0.634. The smallest absolute Gasteiger partial charge is 0.267 e. The van der Waals surface area contributed by atoms with Crippen molar-refractivity contribution in [3.05, 3.63) is 19.7 Å². The number of nitrogens with zero attached hydrogens (tertiary/aromatic N) is 1. The molecule has 0 amide bonds. The van der Waals surface area contributed by atoms with Crippen molar-refractivity contribution >= 4 is 34.7 Å². The summed E-state index contributed by atoms with van der Waals surface area (Å²) in [6, 6.07) is 0.123. The molecule has 0 radical (unpaired) electrons. The fraction of sp³-hybridized carbons (Fsp3) is 0.500. The third kappa shape index (κ3) is 1.60. The van der Waals surface area contributed by atoms with Gasteiger partial charge in [-0.15, -0.1) is 0 Å². The van der Waals surface area contributed by atoms with Gasteiger partial charge in [-0.05, 0) is 25.4 Å². The summed E-state index contributed by atoms with van der Waals surface area (Å²) in [6.45, 7) is 3.81. The first kappa shape index (κ1) is 9.10. The van der Waals surface area contributed by atoms with Gasteiger partial charge in [-0.2, -0.15) is 0 Å². The van der Waals surface area contributed by atoms with Gasteiger partial charge >= 0.3 is 0 Å². The number of hydrogen-bond acceptors (Lipinski definition) is 2. The van der Waals surface area contributed by atoms with Crippen LogP contribution in [0.25, 0.3) is 0 Å².